The van der Waals surface area contributed by atoms with Gasteiger partial charge in [0.05, 0.1) is 28.2 Å². The molecule has 2 amide bonds. The van der Waals surface area contributed by atoms with E-state index in [1.54, 1.807) is 42.5 Å². The molecule has 0 atom stereocenters. The summed E-state index contributed by atoms with van der Waals surface area (Å²) in [4.78, 5) is 30.3. The van der Waals surface area contributed by atoms with E-state index in [9.17, 15) is 27.2 Å². The van der Waals surface area contributed by atoms with Crippen molar-refractivity contribution in [3.05, 3.63) is 89.5 Å². The van der Waals surface area contributed by atoms with Crippen molar-refractivity contribution in [3.8, 4) is 22.5 Å². The second-order valence-corrected chi connectivity index (χ2v) is 9.09. The standard InChI is InChI=1S/C27H21F4N5O3/c1-35-10-9-22(34-35)17-11-18(20(28)12-19(17)27(29,30)31)25(37)33-23-8-7-21(16-13-36(14-16)26(38)39)32-24(23)15-5-3-2-4-6-15/h2-12,16H,13-14H2,1H3,(H,33,37)(H,38,39). The lowest BCUT2D eigenvalue weighted by molar-refractivity contribution is -0.137. The number of aryl methyl sites for hydroxylation is 1. The third kappa shape index (κ3) is 5.17. The molecule has 0 radical (unpaired) electrons. The normalized spacial score (nSPS) is 13.7. The van der Waals surface area contributed by atoms with E-state index in [0.29, 0.717) is 23.0 Å². The van der Waals surface area contributed by atoms with Crippen LogP contribution in [0.4, 0.5) is 28.0 Å². The van der Waals surface area contributed by atoms with Gasteiger partial charge in [0.2, 0.25) is 0 Å². The number of likely N-dealkylation sites (tertiary alicyclic amines) is 1. The number of amides is 2. The van der Waals surface area contributed by atoms with Gasteiger partial charge in [0.1, 0.15) is 5.82 Å². The monoisotopic (exact) mass is 539 g/mol. The third-order valence-electron chi connectivity index (χ3n) is 6.43. The first-order chi connectivity index (χ1) is 18.5. The molecule has 0 aliphatic carbocycles. The highest BCUT2D eigenvalue weighted by Crippen LogP contribution is 2.38. The van der Waals surface area contributed by atoms with Gasteiger partial charge < -0.3 is 15.3 Å². The van der Waals surface area contributed by atoms with Crippen LogP contribution in [0.1, 0.15) is 27.5 Å². The maximum atomic E-state index is 14.9. The topological polar surface area (TPSA) is 100 Å². The van der Waals surface area contributed by atoms with Crippen LogP contribution in [0.25, 0.3) is 22.5 Å². The Bertz CT molecular complexity index is 1560. The number of carbonyl (C=O) groups is 2. The van der Waals surface area contributed by atoms with Crippen LogP contribution < -0.4 is 5.32 Å². The maximum Gasteiger partial charge on any atom is 0.417 e. The van der Waals surface area contributed by atoms with Crippen molar-refractivity contribution >= 4 is 17.7 Å². The molecule has 200 valence electrons. The zero-order valence-corrected chi connectivity index (χ0v) is 20.4. The van der Waals surface area contributed by atoms with Crippen LogP contribution in [0.5, 0.6) is 0 Å². The summed E-state index contributed by atoms with van der Waals surface area (Å²) in [6.45, 7) is 0.546. The first-order valence-electron chi connectivity index (χ1n) is 11.8. The molecular weight excluding hydrogens is 518 g/mol. The molecule has 0 bridgehead atoms. The highest BCUT2D eigenvalue weighted by Gasteiger charge is 2.36. The fourth-order valence-corrected chi connectivity index (χ4v) is 4.38. The average Bonchev–Trinajstić information content (AvgIpc) is 3.29. The predicted octanol–water partition coefficient (Wildman–Crippen LogP) is 5.64. The summed E-state index contributed by atoms with van der Waals surface area (Å²) in [5, 5.41) is 15.7. The first-order valence-corrected chi connectivity index (χ1v) is 11.8. The van der Waals surface area contributed by atoms with Crippen LogP contribution in [-0.2, 0) is 13.2 Å². The van der Waals surface area contributed by atoms with Gasteiger partial charge in [-0.3, -0.25) is 14.5 Å². The van der Waals surface area contributed by atoms with E-state index in [1.807, 2.05) is 0 Å². The van der Waals surface area contributed by atoms with E-state index < -0.39 is 40.7 Å². The summed E-state index contributed by atoms with van der Waals surface area (Å²) in [5.41, 5.74) is -0.528. The van der Waals surface area contributed by atoms with Crippen LogP contribution in [0.2, 0.25) is 0 Å². The molecule has 0 saturated carbocycles. The fraction of sp³-hybridized carbons (Fsp3) is 0.185. The first kappa shape index (κ1) is 25.9. The van der Waals surface area contributed by atoms with E-state index >= 15 is 0 Å². The summed E-state index contributed by atoms with van der Waals surface area (Å²) < 4.78 is 57.3. The van der Waals surface area contributed by atoms with Gasteiger partial charge >= 0.3 is 12.3 Å². The SMILES string of the molecule is Cn1ccc(-c2cc(C(=O)Nc3ccc(C4CN(C(=O)O)C4)nc3-c3ccccc3)c(F)cc2C(F)(F)F)n1. The number of nitrogens with one attached hydrogen (secondary N) is 1. The van der Waals surface area contributed by atoms with Gasteiger partial charge in [0.15, 0.2) is 0 Å². The zero-order chi connectivity index (χ0) is 27.9. The molecule has 0 spiro atoms. The minimum absolute atomic E-state index is 0.0641. The maximum absolute atomic E-state index is 14.9. The molecule has 39 heavy (non-hydrogen) atoms. The Balaban J connectivity index is 1.51. The van der Waals surface area contributed by atoms with E-state index in [0.717, 1.165) is 6.07 Å². The van der Waals surface area contributed by atoms with E-state index in [1.165, 1.54) is 28.9 Å². The Morgan fingerprint density at radius 1 is 1.05 bits per heavy atom. The van der Waals surface area contributed by atoms with E-state index in [4.69, 9.17) is 5.11 Å². The summed E-state index contributed by atoms with van der Waals surface area (Å²) >= 11 is 0. The Morgan fingerprint density at radius 3 is 2.38 bits per heavy atom. The van der Waals surface area contributed by atoms with Gasteiger partial charge in [0.25, 0.3) is 5.91 Å². The second-order valence-electron chi connectivity index (χ2n) is 9.09. The molecule has 0 unspecified atom stereocenters. The number of alkyl halides is 3. The van der Waals surface area contributed by atoms with Crippen molar-refractivity contribution in [1.29, 1.82) is 0 Å². The minimum Gasteiger partial charge on any atom is -0.465 e. The van der Waals surface area contributed by atoms with Crippen LogP contribution in [0, 0.1) is 5.82 Å². The quantitative estimate of drug-likeness (QED) is 0.320. The molecule has 12 heteroatoms. The van der Waals surface area contributed by atoms with Gasteiger partial charge in [-0.1, -0.05) is 30.3 Å². The number of pyridine rings is 1. The van der Waals surface area contributed by atoms with E-state index in [2.05, 4.69) is 15.4 Å². The van der Waals surface area contributed by atoms with Crippen LogP contribution in [0.3, 0.4) is 0 Å². The summed E-state index contributed by atoms with van der Waals surface area (Å²) in [5.74, 6) is -2.44. The Morgan fingerprint density at radius 2 is 1.77 bits per heavy atom. The smallest absolute Gasteiger partial charge is 0.417 e. The summed E-state index contributed by atoms with van der Waals surface area (Å²) in [7, 11) is 1.53. The third-order valence-corrected chi connectivity index (χ3v) is 6.43. The Labute approximate surface area is 219 Å². The molecule has 5 rings (SSSR count). The lowest BCUT2D eigenvalue weighted by Crippen LogP contribution is -2.48. The van der Waals surface area contributed by atoms with Crippen LogP contribution >= 0.6 is 0 Å². The molecule has 2 N–H and O–H groups in total. The molecular formula is C27H21F4N5O3. The molecule has 8 nitrogen and oxygen atoms in total. The highest BCUT2D eigenvalue weighted by atomic mass is 19.4. The largest absolute Gasteiger partial charge is 0.465 e. The Hall–Kier alpha value is -4.74. The van der Waals surface area contributed by atoms with Gasteiger partial charge in [-0.05, 0) is 30.3 Å². The number of rotatable bonds is 5. The van der Waals surface area contributed by atoms with Gasteiger partial charge in [0, 0.05) is 49.1 Å². The fourth-order valence-electron chi connectivity index (χ4n) is 4.38. The van der Waals surface area contributed by atoms with Gasteiger partial charge in [-0.25, -0.2) is 9.18 Å². The number of nitrogens with zero attached hydrogens (tertiary/aromatic N) is 4. The number of benzene rings is 2. The number of carbonyl (C=O) groups excluding carboxylic acids is 1. The van der Waals surface area contributed by atoms with Crippen molar-refractivity contribution in [2.24, 2.45) is 7.05 Å². The van der Waals surface area contributed by atoms with Gasteiger partial charge in [-0.2, -0.15) is 18.3 Å². The van der Waals surface area contributed by atoms with E-state index in [-0.39, 0.29) is 30.4 Å². The molecule has 1 aliphatic heterocycles. The lowest BCUT2D eigenvalue weighted by Gasteiger charge is -2.36. The number of hydrogen-bond acceptors (Lipinski definition) is 4. The highest BCUT2D eigenvalue weighted by molar-refractivity contribution is 6.07. The molecule has 3 heterocycles. The van der Waals surface area contributed by atoms with Crippen LogP contribution in [-0.4, -0.2) is 49.9 Å². The summed E-state index contributed by atoms with van der Waals surface area (Å²) in [6, 6.07) is 14.5. The molecule has 1 fully saturated rings. The number of carboxylic acid groups (broad SMARTS) is 1. The second kappa shape index (κ2) is 9.86. The number of aromatic nitrogens is 3. The van der Waals surface area contributed by atoms with Crippen molar-refractivity contribution in [2.45, 2.75) is 12.1 Å². The molecule has 2 aromatic heterocycles. The van der Waals surface area contributed by atoms with Crippen molar-refractivity contribution in [1.82, 2.24) is 19.7 Å². The molecule has 1 aliphatic rings. The molecule has 4 aromatic rings. The number of anilines is 1. The van der Waals surface area contributed by atoms with Crippen molar-refractivity contribution in [3.63, 3.8) is 0 Å². The number of halogens is 4. The van der Waals surface area contributed by atoms with Crippen molar-refractivity contribution < 1.29 is 32.3 Å². The summed E-state index contributed by atoms with van der Waals surface area (Å²) in [6.07, 6.45) is -4.46. The Kier molecular flexibility index (Phi) is 6.54. The average molecular weight is 539 g/mol. The van der Waals surface area contributed by atoms with Crippen LogP contribution in [0.15, 0.2) is 66.9 Å². The molecule has 2 aromatic carbocycles. The minimum atomic E-state index is -4.87. The van der Waals surface area contributed by atoms with Gasteiger partial charge in [-0.15, -0.1) is 0 Å². The molecule has 1 saturated heterocycles. The van der Waals surface area contributed by atoms with Crippen molar-refractivity contribution in [2.75, 3.05) is 18.4 Å². The lowest BCUT2D eigenvalue weighted by atomic mass is 9.95. The number of hydrogen-bond donors (Lipinski definition) is 2. The predicted molar refractivity (Wildman–Crippen MR) is 134 cm³/mol. The zero-order valence-electron chi connectivity index (χ0n) is 20.4.